The summed E-state index contributed by atoms with van der Waals surface area (Å²) in [5, 5.41) is 0.801. The molecule has 0 bridgehead atoms. The standard InChI is InChI=1S/C8H7NOS/c1-5-3-2-4-6-7(5)11-9-8(6)10/h2-4H,1H3,(H,9,10). The lowest BCUT2D eigenvalue weighted by Crippen LogP contribution is -1.95. The zero-order valence-electron chi connectivity index (χ0n) is 6.05. The van der Waals surface area contributed by atoms with E-state index in [1.54, 1.807) is 0 Å². The third-order valence-corrected chi connectivity index (χ3v) is 2.74. The zero-order valence-corrected chi connectivity index (χ0v) is 6.87. The van der Waals surface area contributed by atoms with Gasteiger partial charge in [0.05, 0.1) is 10.1 Å². The van der Waals surface area contributed by atoms with Crippen LogP contribution in [-0.4, -0.2) is 4.37 Å². The average Bonchev–Trinajstić information content (AvgIpc) is 2.35. The van der Waals surface area contributed by atoms with Crippen molar-refractivity contribution < 1.29 is 0 Å². The van der Waals surface area contributed by atoms with E-state index in [0.717, 1.165) is 15.6 Å². The van der Waals surface area contributed by atoms with Crippen LogP contribution in [0.25, 0.3) is 10.1 Å². The molecule has 1 aromatic heterocycles. The number of hydrogen-bond acceptors (Lipinski definition) is 2. The minimum absolute atomic E-state index is 0.0219. The molecular formula is C8H7NOS. The van der Waals surface area contributed by atoms with E-state index in [0.29, 0.717) is 0 Å². The van der Waals surface area contributed by atoms with Crippen molar-refractivity contribution in [1.82, 2.24) is 4.37 Å². The highest BCUT2D eigenvalue weighted by Gasteiger charge is 2.01. The van der Waals surface area contributed by atoms with Gasteiger partial charge in [-0.3, -0.25) is 9.17 Å². The van der Waals surface area contributed by atoms with Crippen molar-refractivity contribution >= 4 is 21.6 Å². The lowest BCUT2D eigenvalue weighted by Gasteiger charge is -1.89. The number of benzene rings is 1. The molecule has 0 atom stereocenters. The maximum atomic E-state index is 11.1. The molecule has 2 nitrogen and oxygen atoms in total. The van der Waals surface area contributed by atoms with Crippen molar-refractivity contribution in [2.24, 2.45) is 0 Å². The first-order valence-corrected chi connectivity index (χ1v) is 4.17. The highest BCUT2D eigenvalue weighted by atomic mass is 32.1. The third-order valence-electron chi connectivity index (χ3n) is 1.70. The Morgan fingerprint density at radius 3 is 3.00 bits per heavy atom. The summed E-state index contributed by atoms with van der Waals surface area (Å²) >= 11 is 1.40. The SMILES string of the molecule is Cc1cccc2c(=O)[nH]sc12. The van der Waals surface area contributed by atoms with Crippen molar-refractivity contribution in [3.63, 3.8) is 0 Å². The van der Waals surface area contributed by atoms with Crippen LogP contribution < -0.4 is 5.56 Å². The molecule has 0 aliphatic carbocycles. The lowest BCUT2D eigenvalue weighted by atomic mass is 10.2. The Hall–Kier alpha value is -1.09. The van der Waals surface area contributed by atoms with Crippen LogP contribution in [-0.2, 0) is 0 Å². The van der Waals surface area contributed by atoms with Gasteiger partial charge in [-0.05, 0) is 18.6 Å². The fourth-order valence-electron chi connectivity index (χ4n) is 1.12. The summed E-state index contributed by atoms with van der Waals surface area (Å²) in [5.74, 6) is 0. The molecule has 0 saturated carbocycles. The Balaban J connectivity index is 3.06. The molecule has 0 spiro atoms. The fraction of sp³-hybridized carbons (Fsp3) is 0.125. The second-order valence-corrected chi connectivity index (χ2v) is 3.30. The summed E-state index contributed by atoms with van der Waals surface area (Å²) in [5.41, 5.74) is 1.18. The van der Waals surface area contributed by atoms with Crippen LogP contribution in [0.15, 0.2) is 23.0 Å². The topological polar surface area (TPSA) is 32.9 Å². The van der Waals surface area contributed by atoms with Crippen LogP contribution in [0.3, 0.4) is 0 Å². The molecule has 11 heavy (non-hydrogen) atoms. The smallest absolute Gasteiger partial charge is 0.265 e. The number of nitrogens with one attached hydrogen (secondary N) is 1. The van der Waals surface area contributed by atoms with Crippen LogP contribution in [0.1, 0.15) is 5.56 Å². The summed E-state index contributed by atoms with van der Waals surface area (Å²) in [6.45, 7) is 2.01. The van der Waals surface area contributed by atoms with Crippen LogP contribution in [0.2, 0.25) is 0 Å². The van der Waals surface area contributed by atoms with Crippen molar-refractivity contribution in [1.29, 1.82) is 0 Å². The zero-order chi connectivity index (χ0) is 7.84. The van der Waals surface area contributed by atoms with Gasteiger partial charge in [-0.2, -0.15) is 0 Å². The van der Waals surface area contributed by atoms with E-state index in [1.807, 2.05) is 25.1 Å². The summed E-state index contributed by atoms with van der Waals surface area (Å²) in [4.78, 5) is 11.1. The second kappa shape index (κ2) is 2.20. The molecule has 0 saturated heterocycles. The van der Waals surface area contributed by atoms with Gasteiger partial charge in [0.15, 0.2) is 0 Å². The minimum atomic E-state index is 0.0219. The number of aromatic nitrogens is 1. The molecule has 1 heterocycles. The van der Waals surface area contributed by atoms with E-state index in [-0.39, 0.29) is 5.56 Å². The lowest BCUT2D eigenvalue weighted by molar-refractivity contribution is 1.46. The van der Waals surface area contributed by atoms with Crippen molar-refractivity contribution in [3.8, 4) is 0 Å². The van der Waals surface area contributed by atoms with Gasteiger partial charge < -0.3 is 0 Å². The maximum absolute atomic E-state index is 11.1. The van der Waals surface area contributed by atoms with E-state index < -0.39 is 0 Å². The average molecular weight is 165 g/mol. The van der Waals surface area contributed by atoms with Gasteiger partial charge in [0.25, 0.3) is 5.56 Å². The van der Waals surface area contributed by atoms with E-state index in [4.69, 9.17) is 0 Å². The predicted octanol–water partition coefficient (Wildman–Crippen LogP) is 1.90. The molecule has 0 radical (unpaired) electrons. The molecule has 2 aromatic rings. The fourth-order valence-corrected chi connectivity index (χ4v) is 1.92. The van der Waals surface area contributed by atoms with E-state index in [9.17, 15) is 4.79 Å². The maximum Gasteiger partial charge on any atom is 0.265 e. The second-order valence-electron chi connectivity index (χ2n) is 2.48. The first-order chi connectivity index (χ1) is 5.29. The van der Waals surface area contributed by atoms with Gasteiger partial charge >= 0.3 is 0 Å². The van der Waals surface area contributed by atoms with Gasteiger partial charge in [0, 0.05) is 0 Å². The Bertz CT molecular complexity index is 441. The first kappa shape index (κ1) is 6.61. The summed E-state index contributed by atoms with van der Waals surface area (Å²) < 4.78 is 3.77. The molecule has 56 valence electrons. The Morgan fingerprint density at radius 1 is 1.45 bits per heavy atom. The monoisotopic (exact) mass is 165 g/mol. The Morgan fingerprint density at radius 2 is 2.27 bits per heavy atom. The van der Waals surface area contributed by atoms with Crippen molar-refractivity contribution in [2.45, 2.75) is 6.92 Å². The number of H-pyrrole nitrogens is 1. The molecule has 0 fully saturated rings. The van der Waals surface area contributed by atoms with E-state index >= 15 is 0 Å². The Kier molecular flexibility index (Phi) is 1.32. The number of aromatic amines is 1. The number of fused-ring (bicyclic) bond motifs is 1. The highest BCUT2D eigenvalue weighted by Crippen LogP contribution is 2.17. The summed E-state index contributed by atoms with van der Waals surface area (Å²) in [6, 6.07) is 5.75. The van der Waals surface area contributed by atoms with Crippen LogP contribution in [0.4, 0.5) is 0 Å². The van der Waals surface area contributed by atoms with Gasteiger partial charge in [-0.15, -0.1) is 0 Å². The third kappa shape index (κ3) is 0.886. The summed E-state index contributed by atoms with van der Waals surface area (Å²) in [6.07, 6.45) is 0. The van der Waals surface area contributed by atoms with Gasteiger partial charge in [-0.1, -0.05) is 23.7 Å². The molecule has 0 unspecified atom stereocenters. The van der Waals surface area contributed by atoms with E-state index in [1.165, 1.54) is 11.5 Å². The quantitative estimate of drug-likeness (QED) is 0.635. The summed E-state index contributed by atoms with van der Waals surface area (Å²) in [7, 11) is 0. The van der Waals surface area contributed by atoms with Gasteiger partial charge in [0.1, 0.15) is 0 Å². The Labute approximate surface area is 67.6 Å². The first-order valence-electron chi connectivity index (χ1n) is 3.36. The number of hydrogen-bond donors (Lipinski definition) is 1. The molecule has 2 rings (SSSR count). The van der Waals surface area contributed by atoms with Gasteiger partial charge in [-0.25, -0.2) is 0 Å². The largest absolute Gasteiger partial charge is 0.277 e. The molecular weight excluding hydrogens is 158 g/mol. The number of rotatable bonds is 0. The van der Waals surface area contributed by atoms with E-state index in [2.05, 4.69) is 4.37 Å². The minimum Gasteiger partial charge on any atom is -0.277 e. The molecule has 0 aliphatic heterocycles. The molecule has 3 heteroatoms. The normalized spacial score (nSPS) is 10.6. The van der Waals surface area contributed by atoms with Crippen LogP contribution >= 0.6 is 11.5 Å². The van der Waals surface area contributed by atoms with Crippen molar-refractivity contribution in [2.75, 3.05) is 0 Å². The molecule has 1 aromatic carbocycles. The van der Waals surface area contributed by atoms with Crippen molar-refractivity contribution in [3.05, 3.63) is 34.1 Å². The number of aryl methyl sites for hydroxylation is 1. The molecule has 0 aliphatic rings. The predicted molar refractivity (Wildman–Crippen MR) is 47.2 cm³/mol. The molecule has 1 N–H and O–H groups in total. The van der Waals surface area contributed by atoms with Crippen LogP contribution in [0.5, 0.6) is 0 Å². The molecule has 0 amide bonds. The van der Waals surface area contributed by atoms with Crippen LogP contribution in [0, 0.1) is 6.92 Å². The van der Waals surface area contributed by atoms with Gasteiger partial charge in [0.2, 0.25) is 0 Å². The highest BCUT2D eigenvalue weighted by molar-refractivity contribution is 7.13.